The summed E-state index contributed by atoms with van der Waals surface area (Å²) in [6.45, 7) is 6.32. The van der Waals surface area contributed by atoms with Crippen molar-refractivity contribution in [1.29, 1.82) is 0 Å². The number of anilines is 1. The quantitative estimate of drug-likeness (QED) is 0.590. The molecule has 142 valence electrons. The molecule has 1 atom stereocenters. The SMILES string of the molecule is CC[C@H](C)Oc1ccc(/C=N\NC(=O)c2ccc(N3CCCC3)cc2)cc1. The molecule has 0 aliphatic carbocycles. The number of nitrogens with zero attached hydrogens (tertiary/aromatic N) is 2. The Labute approximate surface area is 161 Å². The van der Waals surface area contributed by atoms with Gasteiger partial charge in [-0.15, -0.1) is 0 Å². The van der Waals surface area contributed by atoms with Gasteiger partial charge in [-0.05, 0) is 80.3 Å². The van der Waals surface area contributed by atoms with Crippen LogP contribution in [0.4, 0.5) is 5.69 Å². The molecule has 3 rings (SSSR count). The molecule has 0 radical (unpaired) electrons. The van der Waals surface area contributed by atoms with Gasteiger partial charge in [0.1, 0.15) is 5.75 Å². The van der Waals surface area contributed by atoms with E-state index >= 15 is 0 Å². The van der Waals surface area contributed by atoms with E-state index in [1.165, 1.54) is 18.5 Å². The Morgan fingerprint density at radius 2 is 1.81 bits per heavy atom. The highest BCUT2D eigenvalue weighted by Gasteiger charge is 2.12. The summed E-state index contributed by atoms with van der Waals surface area (Å²) in [5.74, 6) is 0.625. The molecule has 1 fully saturated rings. The predicted molar refractivity (Wildman–Crippen MR) is 110 cm³/mol. The molecule has 1 aliphatic heterocycles. The fraction of sp³-hybridized carbons (Fsp3) is 0.364. The van der Waals surface area contributed by atoms with E-state index in [9.17, 15) is 4.79 Å². The molecule has 0 bridgehead atoms. The summed E-state index contributed by atoms with van der Waals surface area (Å²) in [5.41, 5.74) is 5.25. The molecule has 1 heterocycles. The van der Waals surface area contributed by atoms with E-state index in [2.05, 4.69) is 22.4 Å². The van der Waals surface area contributed by atoms with Crippen molar-refractivity contribution < 1.29 is 9.53 Å². The van der Waals surface area contributed by atoms with Gasteiger partial charge in [0.2, 0.25) is 0 Å². The predicted octanol–water partition coefficient (Wildman–Crippen LogP) is 4.23. The van der Waals surface area contributed by atoms with E-state index in [1.807, 2.05) is 55.5 Å². The molecule has 2 aromatic rings. The van der Waals surface area contributed by atoms with E-state index in [0.717, 1.165) is 30.8 Å². The molecule has 5 heteroatoms. The fourth-order valence-electron chi connectivity index (χ4n) is 2.98. The van der Waals surface area contributed by atoms with Crippen LogP contribution in [0.1, 0.15) is 49.0 Å². The summed E-state index contributed by atoms with van der Waals surface area (Å²) >= 11 is 0. The molecule has 1 N–H and O–H groups in total. The first-order chi connectivity index (χ1) is 13.2. The lowest BCUT2D eigenvalue weighted by Gasteiger charge is -2.17. The van der Waals surface area contributed by atoms with Crippen LogP contribution in [0.3, 0.4) is 0 Å². The monoisotopic (exact) mass is 365 g/mol. The van der Waals surface area contributed by atoms with Gasteiger partial charge in [0, 0.05) is 24.3 Å². The number of carbonyl (C=O) groups is 1. The Kier molecular flexibility index (Phi) is 6.47. The summed E-state index contributed by atoms with van der Waals surface area (Å²) < 4.78 is 5.75. The highest BCUT2D eigenvalue weighted by Crippen LogP contribution is 2.20. The maximum atomic E-state index is 12.2. The molecule has 1 aliphatic rings. The van der Waals surface area contributed by atoms with E-state index in [1.54, 1.807) is 6.21 Å². The second-order valence-corrected chi connectivity index (χ2v) is 6.85. The van der Waals surface area contributed by atoms with E-state index in [-0.39, 0.29) is 12.0 Å². The Morgan fingerprint density at radius 1 is 1.15 bits per heavy atom. The average Bonchev–Trinajstić information content (AvgIpc) is 3.24. The molecular formula is C22H27N3O2. The lowest BCUT2D eigenvalue weighted by atomic mass is 10.2. The number of carbonyl (C=O) groups excluding carboxylic acids is 1. The second kappa shape index (κ2) is 9.21. The van der Waals surface area contributed by atoms with Gasteiger partial charge in [0.05, 0.1) is 12.3 Å². The number of hydrazone groups is 1. The third kappa shape index (κ3) is 5.33. The largest absolute Gasteiger partial charge is 0.491 e. The molecule has 0 aromatic heterocycles. The van der Waals surface area contributed by atoms with Crippen molar-refractivity contribution in [3.05, 3.63) is 59.7 Å². The van der Waals surface area contributed by atoms with Crippen LogP contribution in [-0.4, -0.2) is 31.3 Å². The maximum absolute atomic E-state index is 12.2. The van der Waals surface area contributed by atoms with E-state index in [4.69, 9.17) is 4.74 Å². The van der Waals surface area contributed by atoms with Gasteiger partial charge in [-0.25, -0.2) is 5.43 Å². The van der Waals surface area contributed by atoms with E-state index < -0.39 is 0 Å². The first-order valence-corrected chi connectivity index (χ1v) is 9.61. The smallest absolute Gasteiger partial charge is 0.271 e. The number of ether oxygens (including phenoxy) is 1. The number of benzene rings is 2. The summed E-state index contributed by atoms with van der Waals surface area (Å²) in [7, 11) is 0. The number of rotatable bonds is 7. The van der Waals surface area contributed by atoms with Crippen molar-refractivity contribution in [1.82, 2.24) is 5.43 Å². The Morgan fingerprint density at radius 3 is 2.44 bits per heavy atom. The third-order valence-corrected chi connectivity index (χ3v) is 4.77. The van der Waals surface area contributed by atoms with Crippen molar-refractivity contribution in [3.8, 4) is 5.75 Å². The Balaban J connectivity index is 1.52. The first-order valence-electron chi connectivity index (χ1n) is 9.61. The Hall–Kier alpha value is -2.82. The van der Waals surface area contributed by atoms with Crippen molar-refractivity contribution in [2.24, 2.45) is 5.10 Å². The topological polar surface area (TPSA) is 53.9 Å². The van der Waals surface area contributed by atoms with Gasteiger partial charge >= 0.3 is 0 Å². The molecule has 0 unspecified atom stereocenters. The van der Waals surface area contributed by atoms with Gasteiger partial charge < -0.3 is 9.64 Å². The molecule has 27 heavy (non-hydrogen) atoms. The first kappa shape index (κ1) is 19.0. The highest BCUT2D eigenvalue weighted by molar-refractivity contribution is 5.95. The van der Waals surface area contributed by atoms with Crippen molar-refractivity contribution >= 4 is 17.8 Å². The number of hydrogen-bond donors (Lipinski definition) is 1. The minimum absolute atomic E-state index is 0.195. The van der Waals surface area contributed by atoms with Crippen LogP contribution in [0.15, 0.2) is 53.6 Å². The number of nitrogens with one attached hydrogen (secondary N) is 1. The lowest BCUT2D eigenvalue weighted by molar-refractivity contribution is 0.0955. The average molecular weight is 365 g/mol. The van der Waals surface area contributed by atoms with Crippen LogP contribution in [0.25, 0.3) is 0 Å². The van der Waals surface area contributed by atoms with Crippen LogP contribution in [0, 0.1) is 0 Å². The van der Waals surface area contributed by atoms with Crippen LogP contribution in [0.5, 0.6) is 5.75 Å². The van der Waals surface area contributed by atoms with E-state index in [0.29, 0.717) is 5.56 Å². The van der Waals surface area contributed by atoms with Gasteiger partial charge in [-0.2, -0.15) is 5.10 Å². The normalized spacial score (nSPS) is 15.1. The van der Waals surface area contributed by atoms with Crippen molar-refractivity contribution in [2.75, 3.05) is 18.0 Å². The molecule has 1 saturated heterocycles. The summed E-state index contributed by atoms with van der Waals surface area (Å²) in [4.78, 5) is 14.6. The zero-order valence-electron chi connectivity index (χ0n) is 16.0. The minimum Gasteiger partial charge on any atom is -0.491 e. The zero-order valence-corrected chi connectivity index (χ0v) is 16.0. The summed E-state index contributed by atoms with van der Waals surface area (Å²) in [6.07, 6.45) is 5.27. The number of amides is 1. The van der Waals surface area contributed by atoms with Gasteiger partial charge in [0.15, 0.2) is 0 Å². The standard InChI is InChI=1S/C22H27N3O2/c1-3-17(2)27-21-12-6-18(7-13-21)16-23-24-22(26)19-8-10-20(11-9-19)25-14-4-5-15-25/h6-13,16-17H,3-5,14-15H2,1-2H3,(H,24,26)/b23-16-/t17-/m0/s1. The summed E-state index contributed by atoms with van der Waals surface area (Å²) in [5, 5.41) is 4.05. The third-order valence-electron chi connectivity index (χ3n) is 4.77. The molecule has 0 saturated carbocycles. The molecule has 1 amide bonds. The second-order valence-electron chi connectivity index (χ2n) is 6.85. The Bertz CT molecular complexity index is 763. The molecular weight excluding hydrogens is 338 g/mol. The zero-order chi connectivity index (χ0) is 19.1. The van der Waals surface area contributed by atoms with Crippen molar-refractivity contribution in [3.63, 3.8) is 0 Å². The van der Waals surface area contributed by atoms with Gasteiger partial charge in [-0.1, -0.05) is 6.92 Å². The van der Waals surface area contributed by atoms with Crippen LogP contribution < -0.4 is 15.1 Å². The van der Waals surface area contributed by atoms with Crippen LogP contribution in [-0.2, 0) is 0 Å². The minimum atomic E-state index is -0.212. The molecule has 0 spiro atoms. The van der Waals surface area contributed by atoms with Crippen LogP contribution in [0.2, 0.25) is 0 Å². The highest BCUT2D eigenvalue weighted by atomic mass is 16.5. The maximum Gasteiger partial charge on any atom is 0.271 e. The number of hydrogen-bond acceptors (Lipinski definition) is 4. The van der Waals surface area contributed by atoms with Crippen molar-refractivity contribution in [2.45, 2.75) is 39.2 Å². The molecule has 2 aromatic carbocycles. The molecule has 5 nitrogen and oxygen atoms in total. The van der Waals surface area contributed by atoms with Gasteiger partial charge in [-0.3, -0.25) is 4.79 Å². The summed E-state index contributed by atoms with van der Waals surface area (Å²) in [6, 6.07) is 15.3. The fourth-order valence-corrected chi connectivity index (χ4v) is 2.98. The van der Waals surface area contributed by atoms with Gasteiger partial charge in [0.25, 0.3) is 5.91 Å². The van der Waals surface area contributed by atoms with Crippen LogP contribution >= 0.6 is 0 Å². The lowest BCUT2D eigenvalue weighted by Crippen LogP contribution is -2.19.